The lowest BCUT2D eigenvalue weighted by Gasteiger charge is -2.05. The predicted molar refractivity (Wildman–Crippen MR) is 101 cm³/mol. The molecule has 0 aliphatic carbocycles. The molecule has 0 saturated heterocycles. The van der Waals surface area contributed by atoms with Crippen LogP contribution in [0.5, 0.6) is 0 Å². The summed E-state index contributed by atoms with van der Waals surface area (Å²) in [5.74, 6) is 7.54. The van der Waals surface area contributed by atoms with Gasteiger partial charge >= 0.3 is 0 Å². The Morgan fingerprint density at radius 1 is 1.31 bits per heavy atom. The fourth-order valence-corrected chi connectivity index (χ4v) is 2.63. The first kappa shape index (κ1) is 17.5. The average Bonchev–Trinajstić information content (AvgIpc) is 3.20. The maximum Gasteiger partial charge on any atom is 0.264 e. The van der Waals surface area contributed by atoms with Gasteiger partial charge in [-0.1, -0.05) is 30.0 Å². The van der Waals surface area contributed by atoms with E-state index in [0.717, 1.165) is 11.4 Å². The van der Waals surface area contributed by atoms with Crippen molar-refractivity contribution in [2.75, 3.05) is 22.3 Å². The third kappa shape index (κ3) is 4.63. The smallest absolute Gasteiger partial charge is 0.264 e. The van der Waals surface area contributed by atoms with Gasteiger partial charge in [-0.2, -0.15) is 5.10 Å². The van der Waals surface area contributed by atoms with Crippen LogP contribution in [0.3, 0.4) is 0 Å². The van der Waals surface area contributed by atoms with Crippen molar-refractivity contribution >= 4 is 35.5 Å². The molecular formula is C16H17N7O2S. The van der Waals surface area contributed by atoms with E-state index >= 15 is 0 Å². The quantitative estimate of drug-likeness (QED) is 0.251. The maximum absolute atomic E-state index is 12.0. The molecule has 0 bridgehead atoms. The number of furan rings is 1. The Bertz CT molecular complexity index is 904. The number of aryl methyl sites for hydroxylation is 1. The number of benzene rings is 1. The molecular weight excluding hydrogens is 354 g/mol. The van der Waals surface area contributed by atoms with Crippen molar-refractivity contribution < 1.29 is 9.21 Å². The summed E-state index contributed by atoms with van der Waals surface area (Å²) in [6.07, 6.45) is 1.50. The van der Waals surface area contributed by atoms with Crippen molar-refractivity contribution in [1.82, 2.24) is 14.9 Å². The second kappa shape index (κ2) is 8.21. The number of nitrogen functional groups attached to an aromatic ring is 1. The van der Waals surface area contributed by atoms with Crippen molar-refractivity contribution in [1.29, 1.82) is 0 Å². The summed E-state index contributed by atoms with van der Waals surface area (Å²) in [5, 5.41) is 15.0. The highest BCUT2D eigenvalue weighted by Gasteiger charge is 2.12. The molecule has 0 saturated carbocycles. The van der Waals surface area contributed by atoms with Gasteiger partial charge in [-0.25, -0.2) is 10.1 Å². The first-order valence-electron chi connectivity index (χ1n) is 7.65. The lowest BCUT2D eigenvalue weighted by Crippen LogP contribution is -2.16. The van der Waals surface area contributed by atoms with Gasteiger partial charge in [0, 0.05) is 5.69 Å². The van der Waals surface area contributed by atoms with Crippen LogP contribution in [0.15, 0.2) is 57.1 Å². The molecule has 3 aromatic rings. The second-order valence-corrected chi connectivity index (χ2v) is 6.14. The summed E-state index contributed by atoms with van der Waals surface area (Å²) in [5.41, 5.74) is 3.41. The molecule has 0 radical (unpaired) electrons. The Kier molecular flexibility index (Phi) is 5.54. The molecule has 9 nitrogen and oxygen atoms in total. The highest BCUT2D eigenvalue weighted by atomic mass is 32.2. The predicted octanol–water partition coefficient (Wildman–Crippen LogP) is 2.07. The molecule has 0 spiro atoms. The molecule has 2 aromatic heterocycles. The highest BCUT2D eigenvalue weighted by molar-refractivity contribution is 7.99. The zero-order valence-corrected chi connectivity index (χ0v) is 14.7. The molecule has 3 rings (SSSR count). The molecule has 2 heterocycles. The largest absolute Gasteiger partial charge is 0.460 e. The zero-order chi connectivity index (χ0) is 18.4. The van der Waals surface area contributed by atoms with Crippen LogP contribution in [0.4, 0.5) is 11.6 Å². The van der Waals surface area contributed by atoms with Crippen molar-refractivity contribution in [2.24, 2.45) is 5.10 Å². The van der Waals surface area contributed by atoms with Crippen LogP contribution in [-0.4, -0.2) is 32.7 Å². The number of rotatable bonds is 7. The number of thioether (sulfide) groups is 1. The normalized spacial score (nSPS) is 11.0. The molecule has 0 aliphatic heterocycles. The third-order valence-electron chi connectivity index (χ3n) is 3.17. The summed E-state index contributed by atoms with van der Waals surface area (Å²) in [4.78, 5) is 12.0. The number of aromatic nitrogens is 3. The van der Waals surface area contributed by atoms with E-state index in [2.05, 4.69) is 26.0 Å². The Morgan fingerprint density at radius 2 is 2.12 bits per heavy atom. The van der Waals surface area contributed by atoms with Crippen molar-refractivity contribution in [3.8, 4) is 0 Å². The number of hydrazone groups is 1. The fourth-order valence-electron chi connectivity index (χ4n) is 1.98. The van der Waals surface area contributed by atoms with Crippen LogP contribution in [-0.2, 0) is 4.79 Å². The molecule has 0 aliphatic rings. The van der Waals surface area contributed by atoms with E-state index in [-0.39, 0.29) is 17.6 Å². The lowest BCUT2D eigenvalue weighted by atomic mass is 10.3. The molecule has 10 heteroatoms. The second-order valence-electron chi connectivity index (χ2n) is 5.20. The topological polar surface area (TPSA) is 123 Å². The first-order chi connectivity index (χ1) is 12.6. The minimum absolute atomic E-state index is 0.152. The number of nitrogens with one attached hydrogen (secondary N) is 2. The van der Waals surface area contributed by atoms with Gasteiger partial charge < -0.3 is 15.6 Å². The molecule has 134 valence electrons. The van der Waals surface area contributed by atoms with Gasteiger partial charge in [0.25, 0.3) is 5.95 Å². The number of carbonyl (C=O) groups excluding carboxylic acids is 1. The van der Waals surface area contributed by atoms with E-state index in [0.29, 0.717) is 10.9 Å². The number of nitrogens with zero attached hydrogens (tertiary/aromatic N) is 4. The Labute approximate surface area is 153 Å². The van der Waals surface area contributed by atoms with Crippen LogP contribution in [0.1, 0.15) is 11.5 Å². The Hall–Kier alpha value is -3.27. The van der Waals surface area contributed by atoms with Crippen molar-refractivity contribution in [3.05, 3.63) is 54.0 Å². The van der Waals surface area contributed by atoms with E-state index in [1.54, 1.807) is 6.07 Å². The monoisotopic (exact) mass is 371 g/mol. The number of anilines is 2. The van der Waals surface area contributed by atoms with Gasteiger partial charge in [-0.3, -0.25) is 4.79 Å². The number of hydrogen-bond acceptors (Lipinski definition) is 8. The van der Waals surface area contributed by atoms with Crippen molar-refractivity contribution in [3.63, 3.8) is 0 Å². The number of hydrogen-bond donors (Lipinski definition) is 3. The molecule has 0 unspecified atom stereocenters. The first-order valence-corrected chi connectivity index (χ1v) is 8.64. The average molecular weight is 371 g/mol. The van der Waals surface area contributed by atoms with Crippen LogP contribution >= 0.6 is 11.8 Å². The number of nitrogens with two attached hydrogens (primary N) is 1. The molecule has 4 N–H and O–H groups in total. The summed E-state index contributed by atoms with van der Waals surface area (Å²) < 4.78 is 6.59. The van der Waals surface area contributed by atoms with Gasteiger partial charge in [0.05, 0.1) is 12.0 Å². The van der Waals surface area contributed by atoms with Gasteiger partial charge in [0.15, 0.2) is 0 Å². The van der Waals surface area contributed by atoms with E-state index in [1.165, 1.54) is 22.7 Å². The minimum atomic E-state index is -0.162. The third-order valence-corrected chi connectivity index (χ3v) is 4.12. The molecule has 26 heavy (non-hydrogen) atoms. The molecule has 0 atom stereocenters. The van der Waals surface area contributed by atoms with E-state index in [4.69, 9.17) is 10.3 Å². The SMILES string of the molecule is Cc1ccc(/C=N/Nc2nnc(SCC(=O)Nc3ccccc3)n2N)o1. The molecule has 0 fully saturated rings. The zero-order valence-electron chi connectivity index (χ0n) is 13.9. The Balaban J connectivity index is 1.52. The van der Waals surface area contributed by atoms with Gasteiger partial charge in [-0.05, 0) is 31.2 Å². The van der Waals surface area contributed by atoms with Crippen LogP contribution in [0, 0.1) is 6.92 Å². The minimum Gasteiger partial charge on any atom is -0.460 e. The van der Waals surface area contributed by atoms with E-state index < -0.39 is 0 Å². The number of amides is 1. The summed E-state index contributed by atoms with van der Waals surface area (Å²) >= 11 is 1.17. The van der Waals surface area contributed by atoms with Gasteiger partial charge in [0.1, 0.15) is 11.5 Å². The van der Waals surface area contributed by atoms with E-state index in [1.807, 2.05) is 43.3 Å². The summed E-state index contributed by atoms with van der Waals surface area (Å²) in [6.45, 7) is 1.85. The Morgan fingerprint density at radius 3 is 2.85 bits per heavy atom. The number of carbonyl (C=O) groups is 1. The van der Waals surface area contributed by atoms with Crippen LogP contribution in [0.25, 0.3) is 0 Å². The van der Waals surface area contributed by atoms with Gasteiger partial charge in [0.2, 0.25) is 11.1 Å². The van der Waals surface area contributed by atoms with Gasteiger partial charge in [-0.15, -0.1) is 10.2 Å². The molecule has 1 amide bonds. The highest BCUT2D eigenvalue weighted by Crippen LogP contribution is 2.17. The van der Waals surface area contributed by atoms with E-state index in [9.17, 15) is 4.79 Å². The molecule has 1 aromatic carbocycles. The summed E-state index contributed by atoms with van der Waals surface area (Å²) in [7, 11) is 0. The lowest BCUT2D eigenvalue weighted by molar-refractivity contribution is -0.113. The summed E-state index contributed by atoms with van der Waals surface area (Å²) in [6, 6.07) is 12.8. The van der Waals surface area contributed by atoms with Crippen molar-refractivity contribution in [2.45, 2.75) is 12.1 Å². The standard InChI is InChI=1S/C16H17N7O2S/c1-11-7-8-13(25-11)9-18-20-15-21-22-16(23(15)17)26-10-14(24)19-12-5-3-2-4-6-12/h2-9H,10,17H2,1H3,(H,19,24)(H,20,21)/b18-9+. The van der Waals surface area contributed by atoms with Crippen LogP contribution in [0.2, 0.25) is 0 Å². The number of para-hydroxylation sites is 1. The maximum atomic E-state index is 12.0. The van der Waals surface area contributed by atoms with Crippen LogP contribution < -0.4 is 16.6 Å². The fraction of sp³-hybridized carbons (Fsp3) is 0.125.